The van der Waals surface area contributed by atoms with Gasteiger partial charge in [0.2, 0.25) is 0 Å². The minimum Gasteiger partial charge on any atom is -0.481 e. The first-order valence-corrected chi connectivity index (χ1v) is 7.61. The van der Waals surface area contributed by atoms with Crippen LogP contribution in [0.5, 0.6) is 0 Å². The third-order valence-electron chi connectivity index (χ3n) is 4.56. The van der Waals surface area contributed by atoms with Gasteiger partial charge in [-0.2, -0.15) is 0 Å². The lowest BCUT2D eigenvalue weighted by atomic mass is 9.49. The molecular formula is C13H12Br2O4. The lowest BCUT2D eigenvalue weighted by Gasteiger charge is -2.56. The Morgan fingerprint density at radius 2 is 1.58 bits per heavy atom. The minimum absolute atomic E-state index is 0.0979. The van der Waals surface area contributed by atoms with Gasteiger partial charge in [0.1, 0.15) is 0 Å². The molecule has 4 aliphatic rings. The molecule has 0 unspecified atom stereocenters. The van der Waals surface area contributed by atoms with E-state index in [0.29, 0.717) is 0 Å². The van der Waals surface area contributed by atoms with Crippen molar-refractivity contribution in [3.8, 4) is 0 Å². The molecule has 4 rings (SSSR count). The number of hydrogen-bond donors (Lipinski definition) is 1. The number of carbonyl (C=O) groups excluding carboxylic acids is 1. The summed E-state index contributed by atoms with van der Waals surface area (Å²) in [5.74, 6) is -2.50. The highest BCUT2D eigenvalue weighted by atomic mass is 79.9. The maximum atomic E-state index is 12.0. The largest absolute Gasteiger partial charge is 0.481 e. The van der Waals surface area contributed by atoms with Gasteiger partial charge in [-0.1, -0.05) is 44.0 Å². The van der Waals surface area contributed by atoms with Crippen LogP contribution in [0.15, 0.2) is 21.1 Å². The molecule has 19 heavy (non-hydrogen) atoms. The molecule has 1 fully saturated rings. The van der Waals surface area contributed by atoms with Crippen LogP contribution in [0.25, 0.3) is 0 Å². The zero-order valence-corrected chi connectivity index (χ0v) is 13.2. The van der Waals surface area contributed by atoms with Crippen LogP contribution in [-0.4, -0.2) is 24.2 Å². The predicted octanol–water partition coefficient (Wildman–Crippen LogP) is 2.54. The third kappa shape index (κ3) is 1.62. The Morgan fingerprint density at radius 1 is 1.11 bits per heavy atom. The average molecular weight is 392 g/mol. The monoisotopic (exact) mass is 390 g/mol. The van der Waals surface area contributed by atoms with Crippen molar-refractivity contribution in [2.45, 2.75) is 0 Å². The van der Waals surface area contributed by atoms with Crippen molar-refractivity contribution in [2.24, 2.45) is 35.5 Å². The van der Waals surface area contributed by atoms with Crippen LogP contribution in [0.4, 0.5) is 0 Å². The van der Waals surface area contributed by atoms with Crippen LogP contribution in [-0.2, 0) is 14.3 Å². The smallest absolute Gasteiger partial charge is 0.310 e. The summed E-state index contributed by atoms with van der Waals surface area (Å²) in [6, 6.07) is 0. The van der Waals surface area contributed by atoms with Crippen LogP contribution >= 0.6 is 31.9 Å². The third-order valence-corrected chi connectivity index (χ3v) is 7.00. The van der Waals surface area contributed by atoms with Gasteiger partial charge in [-0.25, -0.2) is 0 Å². The van der Waals surface area contributed by atoms with Crippen molar-refractivity contribution in [1.29, 1.82) is 0 Å². The fraction of sp³-hybridized carbons (Fsp3) is 0.538. The number of hydrogen-bond acceptors (Lipinski definition) is 3. The number of carboxylic acids is 1. The van der Waals surface area contributed by atoms with Gasteiger partial charge in [0.05, 0.1) is 18.9 Å². The Morgan fingerprint density at radius 3 is 2.00 bits per heavy atom. The van der Waals surface area contributed by atoms with E-state index in [9.17, 15) is 14.7 Å². The number of allylic oxidation sites excluding steroid dienone is 4. The van der Waals surface area contributed by atoms with Gasteiger partial charge in [0, 0.05) is 20.8 Å². The average Bonchev–Trinajstić information content (AvgIpc) is 2.43. The number of carboxylic acid groups (broad SMARTS) is 1. The number of fused-ring (bicyclic) bond motifs is 1. The first-order chi connectivity index (χ1) is 8.99. The molecule has 0 aromatic carbocycles. The predicted molar refractivity (Wildman–Crippen MR) is 74.6 cm³/mol. The molecule has 102 valence electrons. The molecule has 0 aromatic rings. The van der Waals surface area contributed by atoms with Crippen molar-refractivity contribution in [1.82, 2.24) is 0 Å². The highest BCUT2D eigenvalue weighted by Crippen LogP contribution is 2.64. The lowest BCUT2D eigenvalue weighted by Crippen LogP contribution is -2.56. The Balaban J connectivity index is 2.06. The standard InChI is InChI=1S/C13H12Br2O4/c1-19-13(18)9-5-3-2-4(8(9)12(16)17)6-7(5)11(15)10(6)14/h2-9H,1H3,(H,16,17)/t4-,5-,6-,7-,8+,9-/m1/s1. The van der Waals surface area contributed by atoms with Crippen molar-refractivity contribution in [3.05, 3.63) is 21.1 Å². The summed E-state index contributed by atoms with van der Waals surface area (Å²) in [5.41, 5.74) is 0. The van der Waals surface area contributed by atoms with Gasteiger partial charge < -0.3 is 9.84 Å². The second kappa shape index (κ2) is 4.45. The molecule has 2 bridgehead atoms. The van der Waals surface area contributed by atoms with Crippen LogP contribution < -0.4 is 0 Å². The molecule has 0 heterocycles. The summed E-state index contributed by atoms with van der Waals surface area (Å²) in [6.45, 7) is 0. The molecule has 4 nitrogen and oxygen atoms in total. The van der Waals surface area contributed by atoms with Gasteiger partial charge in [-0.3, -0.25) is 9.59 Å². The molecule has 0 amide bonds. The van der Waals surface area contributed by atoms with Crippen LogP contribution in [0, 0.1) is 35.5 Å². The first kappa shape index (κ1) is 13.4. The van der Waals surface area contributed by atoms with Crippen LogP contribution in [0.3, 0.4) is 0 Å². The zero-order chi connectivity index (χ0) is 13.9. The maximum absolute atomic E-state index is 12.0. The van der Waals surface area contributed by atoms with E-state index in [2.05, 4.69) is 31.9 Å². The second-order valence-electron chi connectivity index (χ2n) is 5.20. The quantitative estimate of drug-likeness (QED) is 0.580. The Bertz CT molecular complexity index is 525. The fourth-order valence-corrected chi connectivity index (χ4v) is 5.48. The second-order valence-corrected chi connectivity index (χ2v) is 6.91. The highest BCUT2D eigenvalue weighted by molar-refractivity contribution is 9.14. The Hall–Kier alpha value is -0.620. The summed E-state index contributed by atoms with van der Waals surface area (Å²) < 4.78 is 6.90. The minimum atomic E-state index is -0.920. The molecule has 1 N–H and O–H groups in total. The summed E-state index contributed by atoms with van der Waals surface area (Å²) in [4.78, 5) is 23.5. The molecule has 1 saturated carbocycles. The number of methoxy groups -OCH3 is 1. The number of rotatable bonds is 2. The molecule has 6 atom stereocenters. The van der Waals surface area contributed by atoms with Gasteiger partial charge in [-0.05, 0) is 11.8 Å². The summed E-state index contributed by atoms with van der Waals surface area (Å²) in [5, 5.41) is 9.47. The first-order valence-electron chi connectivity index (χ1n) is 6.03. The molecule has 0 spiro atoms. The van der Waals surface area contributed by atoms with Gasteiger partial charge in [-0.15, -0.1) is 0 Å². The molecule has 0 aromatic heterocycles. The van der Waals surface area contributed by atoms with Crippen molar-refractivity contribution >= 4 is 43.8 Å². The van der Waals surface area contributed by atoms with Crippen LogP contribution in [0.1, 0.15) is 0 Å². The van der Waals surface area contributed by atoms with Crippen LogP contribution in [0.2, 0.25) is 0 Å². The summed E-state index contributed by atoms with van der Waals surface area (Å²) in [7, 11) is 1.31. The van der Waals surface area contributed by atoms with E-state index in [4.69, 9.17) is 4.74 Å². The molecule has 0 saturated heterocycles. The SMILES string of the molecule is COC(=O)[C@@H]1[C@@H]2C=C[C@H]([C@H]3C(Br)=C(Br)[C@H]23)[C@@H]1C(=O)O. The molecule has 6 heteroatoms. The Labute approximate surface area is 127 Å². The van der Waals surface area contributed by atoms with Crippen molar-refractivity contribution < 1.29 is 19.4 Å². The normalized spacial score (nSPS) is 42.7. The summed E-state index contributed by atoms with van der Waals surface area (Å²) in [6.07, 6.45) is 3.93. The highest BCUT2D eigenvalue weighted by Gasteiger charge is 2.62. The number of carbonyl (C=O) groups is 2. The maximum Gasteiger partial charge on any atom is 0.310 e. The van der Waals surface area contributed by atoms with E-state index in [1.165, 1.54) is 7.11 Å². The Kier molecular flexibility index (Phi) is 3.13. The topological polar surface area (TPSA) is 63.6 Å². The fourth-order valence-electron chi connectivity index (χ4n) is 3.77. The zero-order valence-electron chi connectivity index (χ0n) is 10.0. The van der Waals surface area contributed by atoms with E-state index in [0.717, 1.165) is 8.96 Å². The number of aliphatic carboxylic acids is 1. The molecule has 4 aliphatic carbocycles. The number of ether oxygens (including phenoxy) is 1. The number of esters is 1. The molecule has 0 aliphatic heterocycles. The number of halogens is 2. The van der Waals surface area contributed by atoms with E-state index in [1.807, 2.05) is 12.2 Å². The van der Waals surface area contributed by atoms with E-state index in [1.54, 1.807) is 0 Å². The van der Waals surface area contributed by atoms with E-state index in [-0.39, 0.29) is 23.7 Å². The van der Waals surface area contributed by atoms with E-state index < -0.39 is 23.8 Å². The van der Waals surface area contributed by atoms with Crippen molar-refractivity contribution in [3.63, 3.8) is 0 Å². The summed E-state index contributed by atoms with van der Waals surface area (Å²) >= 11 is 7.03. The molecular weight excluding hydrogens is 380 g/mol. The van der Waals surface area contributed by atoms with Gasteiger partial charge in [0.15, 0.2) is 0 Å². The van der Waals surface area contributed by atoms with E-state index >= 15 is 0 Å². The van der Waals surface area contributed by atoms with Gasteiger partial charge >= 0.3 is 11.9 Å². The van der Waals surface area contributed by atoms with Crippen molar-refractivity contribution in [2.75, 3.05) is 7.11 Å². The lowest BCUT2D eigenvalue weighted by molar-refractivity contribution is -0.166. The van der Waals surface area contributed by atoms with Gasteiger partial charge in [0.25, 0.3) is 0 Å². The molecule has 0 radical (unpaired) electrons.